The van der Waals surface area contributed by atoms with E-state index in [0.717, 1.165) is 18.8 Å². The van der Waals surface area contributed by atoms with Crippen LogP contribution in [0.1, 0.15) is 30.4 Å². The van der Waals surface area contributed by atoms with E-state index in [-0.39, 0.29) is 0 Å². The summed E-state index contributed by atoms with van der Waals surface area (Å²) in [5, 5.41) is 7.14. The van der Waals surface area contributed by atoms with Crippen LogP contribution in [0.4, 0.5) is 5.69 Å². The predicted octanol–water partition coefficient (Wildman–Crippen LogP) is 4.16. The number of rotatable bonds is 5. The van der Waals surface area contributed by atoms with Crippen molar-refractivity contribution in [1.29, 1.82) is 0 Å². The van der Waals surface area contributed by atoms with Crippen LogP contribution in [-0.4, -0.2) is 23.1 Å². The van der Waals surface area contributed by atoms with Gasteiger partial charge in [0.05, 0.1) is 0 Å². The minimum Gasteiger partial charge on any atom is -0.358 e. The second kappa shape index (κ2) is 8.81. The van der Waals surface area contributed by atoms with Gasteiger partial charge in [-0.05, 0) is 61.4 Å². The number of anilines is 1. The molecule has 0 bridgehead atoms. The summed E-state index contributed by atoms with van der Waals surface area (Å²) in [5.41, 5.74) is 3.66. The van der Waals surface area contributed by atoms with Crippen LogP contribution in [0.5, 0.6) is 0 Å². The molecule has 3 nitrogen and oxygen atoms in total. The lowest BCUT2D eigenvalue weighted by atomic mass is 10.1. The van der Waals surface area contributed by atoms with Crippen molar-refractivity contribution in [2.24, 2.45) is 0 Å². The lowest BCUT2D eigenvalue weighted by molar-refractivity contribution is 0.221. The van der Waals surface area contributed by atoms with Gasteiger partial charge in [0.2, 0.25) is 0 Å². The molecule has 0 radical (unpaired) electrons. The second-order valence-corrected chi connectivity index (χ2v) is 6.74. The standard InChI is InChI=1S/C20H25N3S/c24-20(22-19-10-3-1-4-11-19)21-15-17-8-7-9-18(14-17)16-23-12-5-2-6-13-23/h1,3-4,7-11,14H,2,5-6,12-13,15-16H2,(H2,21,22,24). The van der Waals surface area contributed by atoms with E-state index in [0.29, 0.717) is 5.11 Å². The first-order valence-electron chi connectivity index (χ1n) is 8.70. The first-order chi connectivity index (χ1) is 11.8. The Kier molecular flexibility index (Phi) is 6.21. The average Bonchev–Trinajstić information content (AvgIpc) is 2.62. The fourth-order valence-electron chi connectivity index (χ4n) is 3.09. The minimum atomic E-state index is 0.655. The number of likely N-dealkylation sites (tertiary alicyclic amines) is 1. The minimum absolute atomic E-state index is 0.655. The van der Waals surface area contributed by atoms with Gasteiger partial charge in [0.15, 0.2) is 5.11 Å². The van der Waals surface area contributed by atoms with Crippen LogP contribution < -0.4 is 10.6 Å². The highest BCUT2D eigenvalue weighted by Gasteiger charge is 2.10. The van der Waals surface area contributed by atoms with Gasteiger partial charge in [-0.15, -0.1) is 0 Å². The second-order valence-electron chi connectivity index (χ2n) is 6.33. The van der Waals surface area contributed by atoms with Gasteiger partial charge in [0, 0.05) is 18.8 Å². The van der Waals surface area contributed by atoms with Crippen molar-refractivity contribution in [3.05, 3.63) is 65.7 Å². The van der Waals surface area contributed by atoms with Crippen molar-refractivity contribution < 1.29 is 0 Å². The van der Waals surface area contributed by atoms with E-state index in [1.807, 2.05) is 30.3 Å². The molecule has 1 aliphatic rings. The van der Waals surface area contributed by atoms with E-state index in [1.54, 1.807) is 0 Å². The van der Waals surface area contributed by atoms with E-state index in [4.69, 9.17) is 12.2 Å². The van der Waals surface area contributed by atoms with Crippen LogP contribution in [-0.2, 0) is 13.1 Å². The first kappa shape index (κ1) is 16.9. The number of thiocarbonyl (C=S) groups is 1. The van der Waals surface area contributed by atoms with E-state index < -0.39 is 0 Å². The van der Waals surface area contributed by atoms with Gasteiger partial charge in [0.1, 0.15) is 0 Å². The van der Waals surface area contributed by atoms with E-state index in [1.165, 1.54) is 43.5 Å². The summed E-state index contributed by atoms with van der Waals surface area (Å²) in [7, 11) is 0. The summed E-state index contributed by atoms with van der Waals surface area (Å²) >= 11 is 5.37. The molecule has 2 N–H and O–H groups in total. The number of nitrogens with one attached hydrogen (secondary N) is 2. The molecule has 2 aromatic carbocycles. The highest BCUT2D eigenvalue weighted by molar-refractivity contribution is 7.80. The lowest BCUT2D eigenvalue weighted by Crippen LogP contribution is -2.29. The molecule has 1 saturated heterocycles. The molecule has 0 spiro atoms. The van der Waals surface area contributed by atoms with Gasteiger partial charge in [0.25, 0.3) is 0 Å². The summed E-state index contributed by atoms with van der Waals surface area (Å²) in [6.45, 7) is 4.26. The van der Waals surface area contributed by atoms with Crippen LogP contribution >= 0.6 is 12.2 Å². The van der Waals surface area contributed by atoms with Crippen LogP contribution in [0.15, 0.2) is 54.6 Å². The number of hydrogen-bond donors (Lipinski definition) is 2. The number of benzene rings is 2. The lowest BCUT2D eigenvalue weighted by Gasteiger charge is -2.26. The number of para-hydroxylation sites is 1. The molecule has 0 atom stereocenters. The Hall–Kier alpha value is -1.91. The summed E-state index contributed by atoms with van der Waals surface area (Å²) in [4.78, 5) is 2.55. The van der Waals surface area contributed by atoms with Crippen molar-refractivity contribution in [1.82, 2.24) is 10.2 Å². The zero-order valence-corrected chi connectivity index (χ0v) is 14.8. The number of hydrogen-bond acceptors (Lipinski definition) is 2. The zero-order valence-electron chi connectivity index (χ0n) is 14.0. The fraction of sp³-hybridized carbons (Fsp3) is 0.350. The zero-order chi connectivity index (χ0) is 16.6. The smallest absolute Gasteiger partial charge is 0.171 e. The molecular formula is C20H25N3S. The molecule has 126 valence electrons. The first-order valence-corrected chi connectivity index (χ1v) is 9.10. The maximum atomic E-state index is 5.37. The molecule has 24 heavy (non-hydrogen) atoms. The fourth-order valence-corrected chi connectivity index (χ4v) is 3.28. The molecule has 1 fully saturated rings. The number of nitrogens with zero attached hydrogens (tertiary/aromatic N) is 1. The Labute approximate surface area is 150 Å². The summed E-state index contributed by atoms with van der Waals surface area (Å²) in [6.07, 6.45) is 4.05. The van der Waals surface area contributed by atoms with Crippen molar-refractivity contribution in [3.63, 3.8) is 0 Å². The Balaban J connectivity index is 1.49. The van der Waals surface area contributed by atoms with Gasteiger partial charge in [-0.1, -0.05) is 48.9 Å². The molecule has 4 heteroatoms. The van der Waals surface area contributed by atoms with Gasteiger partial charge >= 0.3 is 0 Å². The Morgan fingerprint density at radius 1 is 0.917 bits per heavy atom. The van der Waals surface area contributed by atoms with Crippen molar-refractivity contribution >= 4 is 23.0 Å². The summed E-state index contributed by atoms with van der Waals surface area (Å²) < 4.78 is 0. The Morgan fingerprint density at radius 3 is 2.46 bits per heavy atom. The molecule has 0 aliphatic carbocycles. The third-order valence-corrected chi connectivity index (χ3v) is 4.58. The van der Waals surface area contributed by atoms with E-state index in [2.05, 4.69) is 39.8 Å². The van der Waals surface area contributed by atoms with Gasteiger partial charge in [-0.2, -0.15) is 0 Å². The predicted molar refractivity (Wildman–Crippen MR) is 105 cm³/mol. The molecule has 0 unspecified atom stereocenters. The van der Waals surface area contributed by atoms with Crippen LogP contribution in [0.3, 0.4) is 0 Å². The van der Waals surface area contributed by atoms with Gasteiger partial charge < -0.3 is 10.6 Å². The van der Waals surface area contributed by atoms with Gasteiger partial charge in [-0.25, -0.2) is 0 Å². The molecular weight excluding hydrogens is 314 g/mol. The molecule has 1 aliphatic heterocycles. The van der Waals surface area contributed by atoms with Crippen molar-refractivity contribution in [2.45, 2.75) is 32.4 Å². The van der Waals surface area contributed by atoms with Crippen molar-refractivity contribution in [2.75, 3.05) is 18.4 Å². The molecule has 0 amide bonds. The van der Waals surface area contributed by atoms with Crippen LogP contribution in [0.2, 0.25) is 0 Å². The third kappa shape index (κ3) is 5.32. The molecule has 1 heterocycles. The summed E-state index contributed by atoms with van der Waals surface area (Å²) in [6, 6.07) is 18.8. The molecule has 3 rings (SSSR count). The average molecular weight is 340 g/mol. The maximum Gasteiger partial charge on any atom is 0.171 e. The summed E-state index contributed by atoms with van der Waals surface area (Å²) in [5.74, 6) is 0. The maximum absolute atomic E-state index is 5.37. The highest BCUT2D eigenvalue weighted by Crippen LogP contribution is 2.14. The van der Waals surface area contributed by atoms with E-state index >= 15 is 0 Å². The Bertz CT molecular complexity index is 651. The largest absolute Gasteiger partial charge is 0.358 e. The van der Waals surface area contributed by atoms with Crippen molar-refractivity contribution in [3.8, 4) is 0 Å². The molecule has 0 aromatic heterocycles. The number of piperidine rings is 1. The SMILES string of the molecule is S=C(NCc1cccc(CN2CCCCC2)c1)Nc1ccccc1. The van der Waals surface area contributed by atoms with E-state index in [9.17, 15) is 0 Å². The normalized spacial score (nSPS) is 15.0. The third-order valence-electron chi connectivity index (χ3n) is 4.33. The quantitative estimate of drug-likeness (QED) is 0.800. The highest BCUT2D eigenvalue weighted by atomic mass is 32.1. The van der Waals surface area contributed by atoms with Crippen LogP contribution in [0.25, 0.3) is 0 Å². The van der Waals surface area contributed by atoms with Crippen LogP contribution in [0, 0.1) is 0 Å². The molecule has 0 saturated carbocycles. The monoisotopic (exact) mass is 339 g/mol. The topological polar surface area (TPSA) is 27.3 Å². The molecule has 2 aromatic rings. The van der Waals surface area contributed by atoms with Gasteiger partial charge in [-0.3, -0.25) is 4.90 Å². The Morgan fingerprint density at radius 2 is 1.67 bits per heavy atom.